The van der Waals surface area contributed by atoms with E-state index in [1.807, 2.05) is 24.3 Å². The van der Waals surface area contributed by atoms with Crippen LogP contribution in [0.4, 0.5) is 0 Å². The van der Waals surface area contributed by atoms with Gasteiger partial charge in [0.05, 0.1) is 5.02 Å². The molecule has 19 heavy (non-hydrogen) atoms. The van der Waals surface area contributed by atoms with Crippen LogP contribution in [-0.4, -0.2) is 22.7 Å². The molecule has 3 N–H and O–H groups in total. The zero-order valence-electron chi connectivity index (χ0n) is 10.8. The van der Waals surface area contributed by atoms with E-state index in [2.05, 4.69) is 10.3 Å². The second kappa shape index (κ2) is 5.53. The predicted molar refractivity (Wildman–Crippen MR) is 78.4 cm³/mol. The van der Waals surface area contributed by atoms with E-state index in [-0.39, 0.29) is 6.61 Å². The fraction of sp³-hybridized carbons (Fsp3) is 0.467. The molecule has 3 rings (SSSR count). The number of aromatic nitrogens is 1. The summed E-state index contributed by atoms with van der Waals surface area (Å²) in [7, 11) is 0. The number of benzene rings is 1. The number of rotatable bonds is 4. The number of hydrogen-bond donors (Lipinski definition) is 3. The molecule has 2 unspecified atom stereocenters. The molecule has 4 heteroatoms. The topological polar surface area (TPSA) is 48.0 Å². The van der Waals surface area contributed by atoms with Crippen molar-refractivity contribution in [2.24, 2.45) is 5.92 Å². The third-order valence-electron chi connectivity index (χ3n) is 4.15. The first-order valence-corrected chi connectivity index (χ1v) is 7.26. The highest BCUT2D eigenvalue weighted by molar-refractivity contribution is 6.36. The zero-order chi connectivity index (χ0) is 13.2. The van der Waals surface area contributed by atoms with Crippen LogP contribution in [0.25, 0.3) is 10.9 Å². The van der Waals surface area contributed by atoms with E-state index in [9.17, 15) is 5.11 Å². The minimum absolute atomic E-state index is 0.276. The van der Waals surface area contributed by atoms with Gasteiger partial charge >= 0.3 is 0 Å². The summed E-state index contributed by atoms with van der Waals surface area (Å²) in [6.45, 7) is 1.01. The van der Waals surface area contributed by atoms with Gasteiger partial charge in [-0.25, -0.2) is 0 Å². The van der Waals surface area contributed by atoms with Crippen molar-refractivity contribution in [2.75, 3.05) is 6.61 Å². The second-order valence-corrected chi connectivity index (χ2v) is 5.70. The smallest absolute Gasteiger partial charge is 0.0705 e. The Hall–Kier alpha value is -1.03. The lowest BCUT2D eigenvalue weighted by Crippen LogP contribution is -2.33. The Bertz CT molecular complexity index is 566. The molecule has 0 aliphatic heterocycles. The van der Waals surface area contributed by atoms with Crippen LogP contribution < -0.4 is 5.32 Å². The fourth-order valence-corrected chi connectivity index (χ4v) is 3.32. The largest absolute Gasteiger partial charge is 0.396 e. The van der Waals surface area contributed by atoms with E-state index >= 15 is 0 Å². The molecule has 2 atom stereocenters. The Balaban J connectivity index is 1.73. The molecule has 1 aliphatic rings. The highest BCUT2D eigenvalue weighted by Crippen LogP contribution is 2.29. The number of fused-ring (bicyclic) bond motifs is 1. The van der Waals surface area contributed by atoms with Gasteiger partial charge in [-0.3, -0.25) is 0 Å². The van der Waals surface area contributed by atoms with E-state index in [4.69, 9.17) is 11.6 Å². The number of nitrogens with one attached hydrogen (secondary N) is 2. The number of H-pyrrole nitrogens is 1. The average molecular weight is 279 g/mol. The monoisotopic (exact) mass is 278 g/mol. The van der Waals surface area contributed by atoms with Crippen molar-refractivity contribution in [3.8, 4) is 0 Å². The van der Waals surface area contributed by atoms with Gasteiger partial charge in [0, 0.05) is 35.8 Å². The molecular weight excluding hydrogens is 260 g/mol. The summed E-state index contributed by atoms with van der Waals surface area (Å²) in [6.07, 6.45) is 3.46. The van der Waals surface area contributed by atoms with Gasteiger partial charge in [0.25, 0.3) is 0 Å². The van der Waals surface area contributed by atoms with E-state index in [0.29, 0.717) is 12.0 Å². The summed E-state index contributed by atoms with van der Waals surface area (Å²) in [5.74, 6) is 0.392. The molecule has 102 valence electrons. The van der Waals surface area contributed by atoms with Crippen molar-refractivity contribution in [2.45, 2.75) is 31.8 Å². The van der Waals surface area contributed by atoms with E-state index in [1.165, 1.54) is 6.42 Å². The maximum atomic E-state index is 9.33. The standard InChI is InChI=1S/C15H19ClN2O/c16-15-11-5-1-2-6-13(11)18-14(15)8-17-12-7-3-4-10(12)9-19/h1-2,5-6,10,12,17-19H,3-4,7-9H2. The van der Waals surface area contributed by atoms with Crippen molar-refractivity contribution in [3.05, 3.63) is 35.0 Å². The maximum Gasteiger partial charge on any atom is 0.0705 e. The van der Waals surface area contributed by atoms with Crippen LogP contribution in [0, 0.1) is 5.92 Å². The van der Waals surface area contributed by atoms with Crippen LogP contribution in [0.2, 0.25) is 5.02 Å². The minimum atomic E-state index is 0.276. The van der Waals surface area contributed by atoms with Crippen LogP contribution in [0.1, 0.15) is 25.0 Å². The molecule has 0 radical (unpaired) electrons. The van der Waals surface area contributed by atoms with Gasteiger partial charge in [0.2, 0.25) is 0 Å². The second-order valence-electron chi connectivity index (χ2n) is 5.32. The van der Waals surface area contributed by atoms with E-state index in [0.717, 1.165) is 41.0 Å². The molecule has 0 spiro atoms. The molecule has 3 nitrogen and oxygen atoms in total. The van der Waals surface area contributed by atoms with Gasteiger partial charge in [0.15, 0.2) is 0 Å². The van der Waals surface area contributed by atoms with Crippen LogP contribution in [0.5, 0.6) is 0 Å². The third-order valence-corrected chi connectivity index (χ3v) is 4.58. The lowest BCUT2D eigenvalue weighted by Gasteiger charge is -2.18. The van der Waals surface area contributed by atoms with Crippen LogP contribution in [0.3, 0.4) is 0 Å². The molecule has 2 aromatic rings. The summed E-state index contributed by atoms with van der Waals surface area (Å²) >= 11 is 6.39. The predicted octanol–water partition coefficient (Wildman–Crippen LogP) is 3.07. The molecule has 0 saturated heterocycles. The van der Waals surface area contributed by atoms with Crippen molar-refractivity contribution >= 4 is 22.5 Å². The summed E-state index contributed by atoms with van der Waals surface area (Å²) in [5, 5.41) is 14.7. The molecule has 1 heterocycles. The first-order valence-electron chi connectivity index (χ1n) is 6.89. The van der Waals surface area contributed by atoms with E-state index in [1.54, 1.807) is 0 Å². The van der Waals surface area contributed by atoms with Gasteiger partial charge in [-0.2, -0.15) is 0 Å². The van der Waals surface area contributed by atoms with Crippen LogP contribution >= 0.6 is 11.6 Å². The zero-order valence-corrected chi connectivity index (χ0v) is 11.6. The maximum absolute atomic E-state index is 9.33. The van der Waals surface area contributed by atoms with Gasteiger partial charge in [-0.1, -0.05) is 36.2 Å². The Morgan fingerprint density at radius 2 is 2.16 bits per heavy atom. The summed E-state index contributed by atoms with van der Waals surface area (Å²) < 4.78 is 0. The SMILES string of the molecule is OCC1CCCC1NCc1[nH]c2ccccc2c1Cl. The van der Waals surface area contributed by atoms with Crippen molar-refractivity contribution < 1.29 is 5.11 Å². The van der Waals surface area contributed by atoms with Crippen LogP contribution in [-0.2, 0) is 6.54 Å². The first-order chi connectivity index (χ1) is 9.29. The van der Waals surface area contributed by atoms with Crippen molar-refractivity contribution in [1.29, 1.82) is 0 Å². The summed E-state index contributed by atoms with van der Waals surface area (Å²) in [5.41, 5.74) is 2.11. The first kappa shape index (κ1) is 13.0. The highest BCUT2D eigenvalue weighted by atomic mass is 35.5. The molecule has 1 aliphatic carbocycles. The Morgan fingerprint density at radius 1 is 1.32 bits per heavy atom. The highest BCUT2D eigenvalue weighted by Gasteiger charge is 2.26. The third kappa shape index (κ3) is 2.50. The molecule has 0 amide bonds. The number of para-hydroxylation sites is 1. The normalized spacial score (nSPS) is 23.3. The van der Waals surface area contributed by atoms with Crippen LogP contribution in [0.15, 0.2) is 24.3 Å². The number of halogens is 1. The molecule has 1 aromatic carbocycles. The van der Waals surface area contributed by atoms with Crippen molar-refractivity contribution in [3.63, 3.8) is 0 Å². The van der Waals surface area contributed by atoms with Gasteiger partial charge in [0.1, 0.15) is 0 Å². The lowest BCUT2D eigenvalue weighted by molar-refractivity contribution is 0.205. The number of aliphatic hydroxyl groups excluding tert-OH is 1. The quantitative estimate of drug-likeness (QED) is 0.805. The molecule has 1 aromatic heterocycles. The average Bonchev–Trinajstić information content (AvgIpc) is 3.01. The van der Waals surface area contributed by atoms with Gasteiger partial charge in [-0.15, -0.1) is 0 Å². The summed E-state index contributed by atoms with van der Waals surface area (Å²) in [4.78, 5) is 3.36. The number of hydrogen-bond acceptors (Lipinski definition) is 2. The molecule has 1 fully saturated rings. The Kier molecular flexibility index (Phi) is 3.78. The lowest BCUT2D eigenvalue weighted by atomic mass is 10.1. The Morgan fingerprint density at radius 3 is 2.95 bits per heavy atom. The molecule has 1 saturated carbocycles. The number of aliphatic hydroxyl groups is 1. The fourth-order valence-electron chi connectivity index (χ4n) is 3.04. The molecular formula is C15H19ClN2O. The molecule has 0 bridgehead atoms. The minimum Gasteiger partial charge on any atom is -0.396 e. The van der Waals surface area contributed by atoms with Gasteiger partial charge < -0.3 is 15.4 Å². The Labute approximate surface area is 118 Å². The van der Waals surface area contributed by atoms with Crippen molar-refractivity contribution in [1.82, 2.24) is 10.3 Å². The van der Waals surface area contributed by atoms with Gasteiger partial charge in [-0.05, 0) is 24.8 Å². The summed E-state index contributed by atoms with van der Waals surface area (Å²) in [6, 6.07) is 8.48. The van der Waals surface area contributed by atoms with E-state index < -0.39 is 0 Å². The number of aromatic amines is 1.